The van der Waals surface area contributed by atoms with Crippen LogP contribution in [-0.4, -0.2) is 54.2 Å². The fourth-order valence-electron chi connectivity index (χ4n) is 3.02. The zero-order chi connectivity index (χ0) is 11.1. The highest BCUT2D eigenvalue weighted by atomic mass is 19.1. The van der Waals surface area contributed by atoms with E-state index in [0.717, 1.165) is 25.9 Å². The van der Waals surface area contributed by atoms with E-state index >= 15 is 0 Å². The van der Waals surface area contributed by atoms with E-state index in [1.807, 2.05) is 0 Å². The maximum Gasteiger partial charge on any atom is 0.103 e. The van der Waals surface area contributed by atoms with Crippen molar-refractivity contribution in [2.24, 2.45) is 0 Å². The topological polar surface area (TPSA) is 6.48 Å². The number of hydrogen-bond acceptors (Lipinski definition) is 2. The van der Waals surface area contributed by atoms with Gasteiger partial charge in [-0.2, -0.15) is 0 Å². The van der Waals surface area contributed by atoms with Crippen LogP contribution in [0.3, 0.4) is 0 Å². The molecule has 0 spiro atoms. The molecule has 0 bridgehead atoms. The Bertz CT molecular complexity index is 222. The smallest absolute Gasteiger partial charge is 0.103 e. The van der Waals surface area contributed by atoms with Gasteiger partial charge in [0.15, 0.2) is 0 Å². The van der Waals surface area contributed by atoms with Gasteiger partial charge in [0.25, 0.3) is 0 Å². The Morgan fingerprint density at radius 2 is 1.67 bits per heavy atom. The molecule has 0 aromatic rings. The van der Waals surface area contributed by atoms with Crippen molar-refractivity contribution in [3.05, 3.63) is 0 Å². The van der Waals surface area contributed by atoms with Gasteiger partial charge in [-0.25, -0.2) is 4.39 Å². The highest BCUT2D eigenvalue weighted by molar-refractivity contribution is 5.00. The summed E-state index contributed by atoms with van der Waals surface area (Å²) >= 11 is 0. The van der Waals surface area contributed by atoms with Gasteiger partial charge in [0.05, 0.1) is 0 Å². The molecule has 1 atom stereocenters. The van der Waals surface area contributed by atoms with Gasteiger partial charge in [-0.3, -0.25) is 9.80 Å². The molecule has 3 heteroatoms. The molecule has 0 aromatic heterocycles. The second kappa shape index (κ2) is 4.02. The summed E-state index contributed by atoms with van der Waals surface area (Å²) < 4.78 is 13.1. The van der Waals surface area contributed by atoms with Gasteiger partial charge in [-0.15, -0.1) is 0 Å². The van der Waals surface area contributed by atoms with Gasteiger partial charge in [-0.05, 0) is 46.7 Å². The molecule has 2 rings (SSSR count). The van der Waals surface area contributed by atoms with Gasteiger partial charge in [0.2, 0.25) is 0 Å². The highest BCUT2D eigenvalue weighted by Gasteiger charge is 2.42. The van der Waals surface area contributed by atoms with Crippen LogP contribution in [0.15, 0.2) is 0 Å². The van der Waals surface area contributed by atoms with Crippen molar-refractivity contribution in [1.82, 2.24) is 9.80 Å². The predicted molar refractivity (Wildman–Crippen MR) is 60.8 cm³/mol. The number of piperidine rings is 1. The summed E-state index contributed by atoms with van der Waals surface area (Å²) in [5.74, 6) is 0. The van der Waals surface area contributed by atoms with Crippen LogP contribution in [0.25, 0.3) is 0 Å². The lowest BCUT2D eigenvalue weighted by Crippen LogP contribution is -2.53. The standard InChI is InChI=1S/C12H23FN2/c1-12(2)11(6-7-14(12)3)15-8-4-10(13)5-9-15/h10-11H,4-9H2,1-3H3. The number of likely N-dealkylation sites (N-methyl/N-ethyl adjacent to an activating group) is 1. The van der Waals surface area contributed by atoms with Crippen molar-refractivity contribution in [2.45, 2.75) is 50.9 Å². The molecule has 2 heterocycles. The predicted octanol–water partition coefficient (Wildman–Crippen LogP) is 1.90. The summed E-state index contributed by atoms with van der Waals surface area (Å²) in [5, 5.41) is 0. The number of rotatable bonds is 1. The van der Waals surface area contributed by atoms with E-state index in [1.54, 1.807) is 0 Å². The Balaban J connectivity index is 1.99. The molecule has 0 radical (unpaired) electrons. The summed E-state index contributed by atoms with van der Waals surface area (Å²) in [5.41, 5.74) is 0.253. The van der Waals surface area contributed by atoms with Gasteiger partial charge in [-0.1, -0.05) is 0 Å². The molecule has 2 fully saturated rings. The first-order valence-electron chi connectivity index (χ1n) is 6.11. The first-order valence-corrected chi connectivity index (χ1v) is 6.11. The summed E-state index contributed by atoms with van der Waals surface area (Å²) in [4.78, 5) is 4.93. The minimum atomic E-state index is -0.552. The quantitative estimate of drug-likeness (QED) is 0.658. The first kappa shape index (κ1) is 11.3. The number of alkyl halides is 1. The van der Waals surface area contributed by atoms with Crippen LogP contribution in [0.5, 0.6) is 0 Å². The zero-order valence-electron chi connectivity index (χ0n) is 10.2. The van der Waals surface area contributed by atoms with E-state index < -0.39 is 6.17 Å². The molecular formula is C12H23FN2. The van der Waals surface area contributed by atoms with Crippen molar-refractivity contribution in [3.8, 4) is 0 Å². The van der Waals surface area contributed by atoms with E-state index in [2.05, 4.69) is 30.7 Å². The SMILES string of the molecule is CN1CCC(N2CCC(F)CC2)C1(C)C. The Morgan fingerprint density at radius 1 is 1.07 bits per heavy atom. The van der Waals surface area contributed by atoms with Crippen molar-refractivity contribution < 1.29 is 4.39 Å². The first-order chi connectivity index (χ1) is 7.01. The molecule has 1 unspecified atom stereocenters. The van der Waals surface area contributed by atoms with Crippen molar-refractivity contribution in [3.63, 3.8) is 0 Å². The van der Waals surface area contributed by atoms with E-state index in [9.17, 15) is 4.39 Å². The van der Waals surface area contributed by atoms with Gasteiger partial charge in [0.1, 0.15) is 6.17 Å². The van der Waals surface area contributed by atoms with Crippen LogP contribution < -0.4 is 0 Å². The molecule has 2 saturated heterocycles. The fraction of sp³-hybridized carbons (Fsp3) is 1.00. The molecule has 2 aliphatic rings. The van der Waals surface area contributed by atoms with Gasteiger partial charge >= 0.3 is 0 Å². The molecule has 0 saturated carbocycles. The third-order valence-electron chi connectivity index (χ3n) is 4.44. The van der Waals surface area contributed by atoms with Crippen molar-refractivity contribution >= 4 is 0 Å². The Hall–Kier alpha value is -0.150. The zero-order valence-corrected chi connectivity index (χ0v) is 10.2. The number of hydrogen-bond donors (Lipinski definition) is 0. The van der Waals surface area contributed by atoms with Crippen molar-refractivity contribution in [2.75, 3.05) is 26.7 Å². The van der Waals surface area contributed by atoms with E-state index in [0.29, 0.717) is 6.04 Å². The van der Waals surface area contributed by atoms with Crippen LogP contribution in [0.4, 0.5) is 4.39 Å². The third kappa shape index (κ3) is 2.04. The molecule has 0 amide bonds. The summed E-state index contributed by atoms with van der Waals surface area (Å²) in [6, 6.07) is 0.620. The average Bonchev–Trinajstić information content (AvgIpc) is 2.44. The normalized spacial score (nSPS) is 34.8. The Kier molecular flexibility index (Phi) is 3.04. The third-order valence-corrected chi connectivity index (χ3v) is 4.44. The summed E-state index contributed by atoms with van der Waals surface area (Å²) in [7, 11) is 2.20. The molecular weight excluding hydrogens is 191 g/mol. The van der Waals surface area contributed by atoms with Gasteiger partial charge < -0.3 is 0 Å². The molecule has 0 N–H and O–H groups in total. The maximum absolute atomic E-state index is 13.1. The van der Waals surface area contributed by atoms with E-state index in [1.165, 1.54) is 13.0 Å². The van der Waals surface area contributed by atoms with E-state index in [-0.39, 0.29) is 5.54 Å². The van der Waals surface area contributed by atoms with Crippen LogP contribution in [0.1, 0.15) is 33.1 Å². The van der Waals surface area contributed by atoms with Crippen LogP contribution in [0, 0.1) is 0 Å². The highest BCUT2D eigenvalue weighted by Crippen LogP contribution is 2.33. The van der Waals surface area contributed by atoms with Crippen LogP contribution >= 0.6 is 0 Å². The lowest BCUT2D eigenvalue weighted by atomic mass is 9.92. The molecule has 2 nitrogen and oxygen atoms in total. The lowest BCUT2D eigenvalue weighted by Gasteiger charge is -2.42. The van der Waals surface area contributed by atoms with Gasteiger partial charge in [0, 0.05) is 24.7 Å². The molecule has 88 valence electrons. The molecule has 0 aliphatic carbocycles. The lowest BCUT2D eigenvalue weighted by molar-refractivity contribution is 0.0586. The second-order valence-corrected chi connectivity index (χ2v) is 5.59. The average molecular weight is 214 g/mol. The fourth-order valence-corrected chi connectivity index (χ4v) is 3.02. The minimum absolute atomic E-state index is 0.253. The van der Waals surface area contributed by atoms with Crippen LogP contribution in [-0.2, 0) is 0 Å². The molecule has 2 aliphatic heterocycles. The number of likely N-dealkylation sites (tertiary alicyclic amines) is 2. The number of nitrogens with zero attached hydrogens (tertiary/aromatic N) is 2. The maximum atomic E-state index is 13.1. The van der Waals surface area contributed by atoms with Crippen molar-refractivity contribution in [1.29, 1.82) is 0 Å². The second-order valence-electron chi connectivity index (χ2n) is 5.59. The monoisotopic (exact) mass is 214 g/mol. The summed E-state index contributed by atoms with van der Waals surface area (Å²) in [6.07, 6.45) is 2.15. The largest absolute Gasteiger partial charge is 0.300 e. The Labute approximate surface area is 92.4 Å². The summed E-state index contributed by atoms with van der Waals surface area (Å²) in [6.45, 7) is 7.69. The van der Waals surface area contributed by atoms with Crippen LogP contribution in [0.2, 0.25) is 0 Å². The Morgan fingerprint density at radius 3 is 2.13 bits per heavy atom. The minimum Gasteiger partial charge on any atom is -0.300 e. The number of halogens is 1. The van der Waals surface area contributed by atoms with E-state index in [4.69, 9.17) is 0 Å². The molecule has 0 aromatic carbocycles. The molecule has 15 heavy (non-hydrogen) atoms.